The minimum atomic E-state index is 0.372. The van der Waals surface area contributed by atoms with Crippen molar-refractivity contribution in [1.29, 1.82) is 0 Å². The van der Waals surface area contributed by atoms with Crippen molar-refractivity contribution < 1.29 is 9.47 Å². The predicted molar refractivity (Wildman–Crippen MR) is 119 cm³/mol. The third-order valence-electron chi connectivity index (χ3n) is 5.92. The SMILES string of the molecule is COc1ccc(CN(Cc2ccc(OC)cc2)c2ncc(C3CC3(C)C)cn2)cc1. The van der Waals surface area contributed by atoms with E-state index in [2.05, 4.69) is 43.0 Å². The Morgan fingerprint density at radius 3 is 1.63 bits per heavy atom. The molecule has 0 radical (unpaired) electrons. The van der Waals surface area contributed by atoms with Gasteiger partial charge in [0.15, 0.2) is 0 Å². The van der Waals surface area contributed by atoms with Crippen molar-refractivity contribution in [2.45, 2.75) is 39.3 Å². The lowest BCUT2D eigenvalue weighted by Gasteiger charge is -2.23. The Kier molecular flexibility index (Phi) is 5.62. The van der Waals surface area contributed by atoms with Crippen molar-refractivity contribution in [3.05, 3.63) is 77.6 Å². The first-order valence-electron chi connectivity index (χ1n) is 10.3. The quantitative estimate of drug-likeness (QED) is 0.516. The molecule has 2 aromatic carbocycles. The molecular formula is C25H29N3O2. The van der Waals surface area contributed by atoms with Gasteiger partial charge in [0.05, 0.1) is 14.2 Å². The lowest BCUT2D eigenvalue weighted by molar-refractivity contribution is 0.414. The number of methoxy groups -OCH3 is 2. The second-order valence-corrected chi connectivity index (χ2v) is 8.61. The number of hydrogen-bond donors (Lipinski definition) is 0. The lowest BCUT2D eigenvalue weighted by atomic mass is 10.1. The molecule has 5 nitrogen and oxygen atoms in total. The number of aromatic nitrogens is 2. The van der Waals surface area contributed by atoms with Crippen molar-refractivity contribution in [2.75, 3.05) is 19.1 Å². The van der Waals surface area contributed by atoms with E-state index in [-0.39, 0.29) is 0 Å². The van der Waals surface area contributed by atoms with Gasteiger partial charge in [0.1, 0.15) is 11.5 Å². The van der Waals surface area contributed by atoms with Crippen LogP contribution in [0.25, 0.3) is 0 Å². The standard InChI is InChI=1S/C25H29N3O2/c1-25(2)13-23(25)20-14-26-24(27-15-20)28(16-18-5-9-21(29-3)10-6-18)17-19-7-11-22(30-4)12-8-19/h5-12,14-15,23H,13,16-17H2,1-4H3. The monoisotopic (exact) mass is 403 g/mol. The summed E-state index contributed by atoms with van der Waals surface area (Å²) in [5.74, 6) is 3.02. The minimum absolute atomic E-state index is 0.372. The molecule has 0 spiro atoms. The van der Waals surface area contributed by atoms with E-state index in [1.54, 1.807) is 14.2 Å². The molecule has 1 aromatic heterocycles. The molecule has 1 unspecified atom stereocenters. The molecule has 4 rings (SSSR count). The van der Waals surface area contributed by atoms with Gasteiger partial charge in [-0.05, 0) is 58.7 Å². The van der Waals surface area contributed by atoms with E-state index in [0.29, 0.717) is 24.4 Å². The van der Waals surface area contributed by atoms with Crippen LogP contribution in [-0.2, 0) is 13.1 Å². The molecule has 1 atom stereocenters. The van der Waals surface area contributed by atoms with Crippen LogP contribution in [0.5, 0.6) is 11.5 Å². The number of hydrogen-bond acceptors (Lipinski definition) is 5. The summed E-state index contributed by atoms with van der Waals surface area (Å²) >= 11 is 0. The summed E-state index contributed by atoms with van der Waals surface area (Å²) in [6.45, 7) is 6.02. The first-order valence-corrected chi connectivity index (χ1v) is 10.3. The number of ether oxygens (including phenoxy) is 2. The maximum atomic E-state index is 5.28. The number of rotatable bonds is 8. The summed E-state index contributed by atoms with van der Waals surface area (Å²) in [7, 11) is 3.36. The van der Waals surface area contributed by atoms with E-state index in [9.17, 15) is 0 Å². The fraction of sp³-hybridized carbons (Fsp3) is 0.360. The van der Waals surface area contributed by atoms with Gasteiger partial charge < -0.3 is 14.4 Å². The summed E-state index contributed by atoms with van der Waals surface area (Å²) in [4.78, 5) is 11.7. The Hall–Kier alpha value is -3.08. The molecule has 0 bridgehead atoms. The Labute approximate surface area is 178 Å². The Balaban J connectivity index is 1.56. The van der Waals surface area contributed by atoms with E-state index in [0.717, 1.165) is 17.4 Å². The van der Waals surface area contributed by atoms with Crippen LogP contribution < -0.4 is 14.4 Å². The zero-order valence-corrected chi connectivity index (χ0v) is 18.1. The predicted octanol–water partition coefficient (Wildman–Crippen LogP) is 5.21. The topological polar surface area (TPSA) is 47.5 Å². The maximum Gasteiger partial charge on any atom is 0.225 e. The van der Waals surface area contributed by atoms with E-state index in [4.69, 9.17) is 19.4 Å². The summed E-state index contributed by atoms with van der Waals surface area (Å²) in [6, 6.07) is 16.3. The average molecular weight is 404 g/mol. The molecule has 1 fully saturated rings. The molecule has 0 aliphatic heterocycles. The first-order chi connectivity index (χ1) is 14.5. The Morgan fingerprint density at radius 2 is 1.27 bits per heavy atom. The van der Waals surface area contributed by atoms with Crippen LogP contribution in [0.1, 0.15) is 42.9 Å². The Bertz CT molecular complexity index is 917. The van der Waals surface area contributed by atoms with Crippen LogP contribution in [0.4, 0.5) is 5.95 Å². The molecular weight excluding hydrogens is 374 g/mol. The van der Waals surface area contributed by atoms with Crippen LogP contribution in [0.15, 0.2) is 60.9 Å². The lowest BCUT2D eigenvalue weighted by Crippen LogP contribution is -2.24. The third kappa shape index (κ3) is 4.56. The van der Waals surface area contributed by atoms with Gasteiger partial charge in [-0.15, -0.1) is 0 Å². The summed E-state index contributed by atoms with van der Waals surface area (Å²) in [5.41, 5.74) is 3.97. The molecule has 1 aliphatic rings. The second kappa shape index (κ2) is 8.34. The molecule has 1 heterocycles. The summed E-state index contributed by atoms with van der Waals surface area (Å²) < 4.78 is 10.6. The fourth-order valence-electron chi connectivity index (χ4n) is 3.81. The van der Waals surface area contributed by atoms with Crippen LogP contribution >= 0.6 is 0 Å². The molecule has 5 heteroatoms. The average Bonchev–Trinajstić information content (AvgIpc) is 3.42. The molecule has 0 saturated heterocycles. The molecule has 1 saturated carbocycles. The Morgan fingerprint density at radius 1 is 0.833 bits per heavy atom. The highest BCUT2D eigenvalue weighted by Gasteiger charge is 2.46. The van der Waals surface area contributed by atoms with Gasteiger partial charge in [-0.3, -0.25) is 0 Å². The summed E-state index contributed by atoms with van der Waals surface area (Å²) in [6.07, 6.45) is 5.20. The fourth-order valence-corrected chi connectivity index (χ4v) is 3.81. The van der Waals surface area contributed by atoms with Gasteiger partial charge in [0.2, 0.25) is 5.95 Å². The largest absolute Gasteiger partial charge is 0.497 e. The number of anilines is 1. The molecule has 30 heavy (non-hydrogen) atoms. The van der Waals surface area contributed by atoms with Crippen LogP contribution in [-0.4, -0.2) is 24.2 Å². The van der Waals surface area contributed by atoms with Gasteiger partial charge >= 0.3 is 0 Å². The van der Waals surface area contributed by atoms with Gasteiger partial charge in [0.25, 0.3) is 0 Å². The zero-order chi connectivity index (χ0) is 21.1. The van der Waals surface area contributed by atoms with Gasteiger partial charge in [-0.2, -0.15) is 0 Å². The number of benzene rings is 2. The highest BCUT2D eigenvalue weighted by molar-refractivity contribution is 5.38. The van der Waals surface area contributed by atoms with Crippen molar-refractivity contribution in [3.63, 3.8) is 0 Å². The van der Waals surface area contributed by atoms with Crippen molar-refractivity contribution >= 4 is 5.95 Å². The van der Waals surface area contributed by atoms with E-state index >= 15 is 0 Å². The summed E-state index contributed by atoms with van der Waals surface area (Å²) in [5, 5.41) is 0. The first kappa shape index (κ1) is 20.2. The van der Waals surface area contributed by atoms with Gasteiger partial charge in [0, 0.05) is 25.5 Å². The maximum absolute atomic E-state index is 5.28. The zero-order valence-electron chi connectivity index (χ0n) is 18.1. The number of nitrogens with zero attached hydrogens (tertiary/aromatic N) is 3. The second-order valence-electron chi connectivity index (χ2n) is 8.61. The van der Waals surface area contributed by atoms with Crippen LogP contribution in [0.3, 0.4) is 0 Å². The van der Waals surface area contributed by atoms with Gasteiger partial charge in [-0.1, -0.05) is 38.1 Å². The minimum Gasteiger partial charge on any atom is -0.497 e. The molecule has 156 valence electrons. The van der Waals surface area contributed by atoms with Crippen molar-refractivity contribution in [3.8, 4) is 11.5 Å². The van der Waals surface area contributed by atoms with Gasteiger partial charge in [-0.25, -0.2) is 9.97 Å². The third-order valence-corrected chi connectivity index (χ3v) is 5.92. The highest BCUT2D eigenvalue weighted by atomic mass is 16.5. The molecule has 0 N–H and O–H groups in total. The van der Waals surface area contributed by atoms with Crippen LogP contribution in [0.2, 0.25) is 0 Å². The molecule has 0 amide bonds. The van der Waals surface area contributed by atoms with E-state index in [1.165, 1.54) is 23.1 Å². The van der Waals surface area contributed by atoms with Crippen molar-refractivity contribution in [1.82, 2.24) is 9.97 Å². The van der Waals surface area contributed by atoms with E-state index < -0.39 is 0 Å². The highest BCUT2D eigenvalue weighted by Crippen LogP contribution is 2.58. The molecule has 1 aliphatic carbocycles. The van der Waals surface area contributed by atoms with Crippen molar-refractivity contribution in [2.24, 2.45) is 5.41 Å². The molecule has 3 aromatic rings. The normalized spacial score (nSPS) is 16.7. The van der Waals surface area contributed by atoms with Crippen LogP contribution in [0, 0.1) is 5.41 Å². The smallest absolute Gasteiger partial charge is 0.225 e. The van der Waals surface area contributed by atoms with E-state index in [1.807, 2.05) is 36.7 Å².